The van der Waals surface area contributed by atoms with E-state index in [1.807, 2.05) is 35.8 Å². The Labute approximate surface area is 179 Å². The Kier molecular flexibility index (Phi) is 6.73. The Morgan fingerprint density at radius 2 is 1.83 bits per heavy atom. The van der Waals surface area contributed by atoms with Gasteiger partial charge < -0.3 is 19.5 Å². The maximum atomic E-state index is 12.6. The van der Waals surface area contributed by atoms with Crippen LogP contribution in [0.1, 0.15) is 12.0 Å². The highest BCUT2D eigenvalue weighted by Gasteiger charge is 2.15. The minimum Gasteiger partial charge on any atom is -0.493 e. The van der Waals surface area contributed by atoms with Crippen molar-refractivity contribution in [2.75, 3.05) is 26.6 Å². The summed E-state index contributed by atoms with van der Waals surface area (Å²) in [4.78, 5) is 12.6. The van der Waals surface area contributed by atoms with Crippen molar-refractivity contribution in [2.45, 2.75) is 19.9 Å². The van der Waals surface area contributed by atoms with Gasteiger partial charge in [-0.05, 0) is 25.2 Å². The maximum absolute atomic E-state index is 12.6. The van der Waals surface area contributed by atoms with E-state index in [2.05, 4.69) is 15.5 Å². The summed E-state index contributed by atoms with van der Waals surface area (Å²) in [6, 6.07) is 11.3. The molecule has 1 amide bonds. The van der Waals surface area contributed by atoms with Gasteiger partial charge in [-0.2, -0.15) is 5.10 Å². The van der Waals surface area contributed by atoms with Gasteiger partial charge in [0.1, 0.15) is 0 Å². The molecule has 0 saturated heterocycles. The molecule has 1 aromatic heterocycles. The average Bonchev–Trinajstić information content (AvgIpc) is 3.11. The monoisotopic (exact) mass is 428 g/mol. The third kappa shape index (κ3) is 4.62. The molecule has 0 bridgehead atoms. The molecule has 0 saturated carbocycles. The van der Waals surface area contributed by atoms with E-state index in [4.69, 9.17) is 26.4 Å². The second kappa shape index (κ2) is 9.45. The van der Waals surface area contributed by atoms with E-state index in [9.17, 15) is 4.79 Å². The predicted molar refractivity (Wildman–Crippen MR) is 117 cm³/mol. The summed E-state index contributed by atoms with van der Waals surface area (Å²) >= 11 is 5.35. The summed E-state index contributed by atoms with van der Waals surface area (Å²) in [7, 11) is 4.58. The van der Waals surface area contributed by atoms with Gasteiger partial charge >= 0.3 is 0 Å². The van der Waals surface area contributed by atoms with Gasteiger partial charge in [-0.1, -0.05) is 23.8 Å². The van der Waals surface area contributed by atoms with E-state index < -0.39 is 0 Å². The SMILES string of the molecule is COc1cc(NC(=O)CCn2c(-c3cccc(C)c3)n[nH]c2=S)cc(OC)c1OC. The number of anilines is 1. The first-order chi connectivity index (χ1) is 14.5. The second-order valence-electron chi connectivity index (χ2n) is 6.59. The smallest absolute Gasteiger partial charge is 0.226 e. The van der Waals surface area contributed by atoms with Crippen LogP contribution in [0.3, 0.4) is 0 Å². The number of nitrogens with one attached hydrogen (secondary N) is 2. The number of methoxy groups -OCH3 is 3. The zero-order valence-corrected chi connectivity index (χ0v) is 18.1. The van der Waals surface area contributed by atoms with Crippen molar-refractivity contribution in [1.29, 1.82) is 0 Å². The van der Waals surface area contributed by atoms with Crippen molar-refractivity contribution < 1.29 is 19.0 Å². The number of amides is 1. The van der Waals surface area contributed by atoms with E-state index >= 15 is 0 Å². The molecule has 0 atom stereocenters. The highest BCUT2D eigenvalue weighted by atomic mass is 32.1. The molecule has 2 N–H and O–H groups in total. The lowest BCUT2D eigenvalue weighted by atomic mass is 10.1. The van der Waals surface area contributed by atoms with Gasteiger partial charge in [0, 0.05) is 36.3 Å². The van der Waals surface area contributed by atoms with Gasteiger partial charge in [-0.25, -0.2) is 0 Å². The minimum absolute atomic E-state index is 0.178. The van der Waals surface area contributed by atoms with E-state index in [0.717, 1.165) is 11.1 Å². The van der Waals surface area contributed by atoms with Gasteiger partial charge in [0.05, 0.1) is 21.3 Å². The van der Waals surface area contributed by atoms with E-state index in [1.54, 1.807) is 12.1 Å². The van der Waals surface area contributed by atoms with Gasteiger partial charge in [0.2, 0.25) is 11.7 Å². The standard InChI is InChI=1S/C21H24N4O4S/c1-13-6-5-7-14(10-13)20-23-24-21(30)25(20)9-8-18(26)22-15-11-16(27-2)19(29-4)17(12-15)28-3/h5-7,10-12H,8-9H2,1-4H3,(H,22,26)(H,24,30). The Balaban J connectivity index is 1.75. The molecule has 3 aromatic rings. The molecule has 9 heteroatoms. The van der Waals surface area contributed by atoms with Crippen molar-refractivity contribution >= 4 is 23.8 Å². The number of carbonyl (C=O) groups excluding carboxylic acids is 1. The molecule has 0 fully saturated rings. The normalized spacial score (nSPS) is 10.5. The van der Waals surface area contributed by atoms with Crippen LogP contribution in [0.25, 0.3) is 11.4 Å². The van der Waals surface area contributed by atoms with Gasteiger partial charge in [-0.3, -0.25) is 14.5 Å². The lowest BCUT2D eigenvalue weighted by molar-refractivity contribution is -0.116. The first-order valence-electron chi connectivity index (χ1n) is 9.29. The van der Waals surface area contributed by atoms with E-state index in [-0.39, 0.29) is 12.3 Å². The summed E-state index contributed by atoms with van der Waals surface area (Å²) in [5, 5.41) is 9.99. The summed E-state index contributed by atoms with van der Waals surface area (Å²) < 4.78 is 18.2. The van der Waals surface area contributed by atoms with E-state index in [0.29, 0.717) is 40.1 Å². The molecular formula is C21H24N4O4S. The maximum Gasteiger partial charge on any atom is 0.226 e. The zero-order valence-electron chi connectivity index (χ0n) is 17.3. The largest absolute Gasteiger partial charge is 0.493 e. The van der Waals surface area contributed by atoms with Crippen molar-refractivity contribution in [3.63, 3.8) is 0 Å². The number of rotatable bonds is 8. The van der Waals surface area contributed by atoms with Crippen LogP contribution in [0, 0.1) is 11.7 Å². The molecule has 0 aliphatic heterocycles. The number of benzene rings is 2. The molecule has 2 aromatic carbocycles. The van der Waals surface area contributed by atoms with Crippen LogP contribution in [0.15, 0.2) is 36.4 Å². The number of aromatic amines is 1. The number of hydrogen-bond acceptors (Lipinski definition) is 6. The first kappa shape index (κ1) is 21.4. The number of hydrogen-bond donors (Lipinski definition) is 2. The number of ether oxygens (including phenoxy) is 3. The molecule has 3 rings (SSSR count). The fourth-order valence-electron chi connectivity index (χ4n) is 3.12. The number of nitrogens with zero attached hydrogens (tertiary/aromatic N) is 2. The quantitative estimate of drug-likeness (QED) is 0.528. The topological polar surface area (TPSA) is 90.4 Å². The van der Waals surface area contributed by atoms with Gasteiger partial charge in [0.15, 0.2) is 22.1 Å². The molecule has 0 unspecified atom stereocenters. The number of H-pyrrole nitrogens is 1. The summed E-state index contributed by atoms with van der Waals surface area (Å²) in [5.41, 5.74) is 2.60. The Hall–Kier alpha value is -3.33. The van der Waals surface area contributed by atoms with Crippen LogP contribution in [-0.4, -0.2) is 42.0 Å². The van der Waals surface area contributed by atoms with Crippen molar-refractivity contribution in [3.8, 4) is 28.6 Å². The Morgan fingerprint density at radius 1 is 1.13 bits per heavy atom. The molecule has 158 valence electrons. The number of aromatic nitrogens is 3. The van der Waals surface area contributed by atoms with Crippen LogP contribution in [0.5, 0.6) is 17.2 Å². The zero-order chi connectivity index (χ0) is 21.7. The lowest BCUT2D eigenvalue weighted by Crippen LogP contribution is -2.15. The molecule has 0 aliphatic rings. The van der Waals surface area contributed by atoms with Gasteiger partial charge in [-0.15, -0.1) is 0 Å². The van der Waals surface area contributed by atoms with Crippen LogP contribution in [0.2, 0.25) is 0 Å². The molecule has 0 spiro atoms. The molecule has 8 nitrogen and oxygen atoms in total. The fraction of sp³-hybridized carbons (Fsp3) is 0.286. The molecule has 30 heavy (non-hydrogen) atoms. The van der Waals surface area contributed by atoms with Crippen LogP contribution < -0.4 is 19.5 Å². The third-order valence-corrected chi connectivity index (χ3v) is 4.86. The lowest BCUT2D eigenvalue weighted by Gasteiger charge is -2.14. The molecular weight excluding hydrogens is 404 g/mol. The third-order valence-electron chi connectivity index (χ3n) is 4.55. The van der Waals surface area contributed by atoms with Crippen LogP contribution >= 0.6 is 12.2 Å². The molecule has 1 heterocycles. The molecule has 0 radical (unpaired) electrons. The highest BCUT2D eigenvalue weighted by Crippen LogP contribution is 2.39. The fourth-order valence-corrected chi connectivity index (χ4v) is 3.34. The summed E-state index contributed by atoms with van der Waals surface area (Å²) in [5.74, 6) is 1.91. The second-order valence-corrected chi connectivity index (χ2v) is 6.97. The van der Waals surface area contributed by atoms with Crippen molar-refractivity contribution in [3.05, 3.63) is 46.7 Å². The Morgan fingerprint density at radius 3 is 2.43 bits per heavy atom. The van der Waals surface area contributed by atoms with E-state index in [1.165, 1.54) is 21.3 Å². The number of carbonyl (C=O) groups is 1. The first-order valence-corrected chi connectivity index (χ1v) is 9.69. The predicted octanol–water partition coefficient (Wildman–Crippen LogP) is 3.97. The average molecular weight is 429 g/mol. The van der Waals surface area contributed by atoms with Crippen molar-refractivity contribution in [1.82, 2.24) is 14.8 Å². The van der Waals surface area contributed by atoms with Gasteiger partial charge in [0.25, 0.3) is 0 Å². The van der Waals surface area contributed by atoms with Crippen LogP contribution in [-0.2, 0) is 11.3 Å². The Bertz CT molecular complexity index is 1080. The molecule has 0 aliphatic carbocycles. The van der Waals surface area contributed by atoms with Crippen molar-refractivity contribution in [2.24, 2.45) is 0 Å². The summed E-state index contributed by atoms with van der Waals surface area (Å²) in [6.45, 7) is 2.40. The van der Waals surface area contributed by atoms with Crippen LogP contribution in [0.4, 0.5) is 5.69 Å². The number of aryl methyl sites for hydroxylation is 1. The highest BCUT2D eigenvalue weighted by molar-refractivity contribution is 7.71. The minimum atomic E-state index is -0.178. The summed E-state index contributed by atoms with van der Waals surface area (Å²) in [6.07, 6.45) is 0.212.